The van der Waals surface area contributed by atoms with Gasteiger partial charge in [-0.2, -0.15) is 10.4 Å². The number of hydrogen-bond acceptors (Lipinski definition) is 3. The molecule has 8 heteroatoms. The predicted molar refractivity (Wildman–Crippen MR) is 105 cm³/mol. The van der Waals surface area contributed by atoms with Gasteiger partial charge in [0.1, 0.15) is 11.6 Å². The number of nitriles is 1. The molecule has 0 fully saturated rings. The summed E-state index contributed by atoms with van der Waals surface area (Å²) in [6.45, 7) is 3.08. The average molecular weight is 415 g/mol. The van der Waals surface area contributed by atoms with E-state index in [2.05, 4.69) is 21.6 Å². The predicted octanol–water partition coefficient (Wildman–Crippen LogP) is 4.95. The summed E-state index contributed by atoms with van der Waals surface area (Å²) in [4.78, 5) is 13.0. The van der Waals surface area contributed by atoms with Crippen molar-refractivity contribution in [1.29, 1.82) is 5.26 Å². The number of H-pyrrole nitrogens is 1. The molecule has 1 aromatic heterocycles. The highest BCUT2D eigenvalue weighted by Crippen LogP contribution is 2.30. The number of carbonyl (C=O) groups excluding carboxylic acids is 1. The molecule has 5 nitrogen and oxygen atoms in total. The van der Waals surface area contributed by atoms with Crippen LogP contribution >= 0.6 is 11.6 Å². The monoisotopic (exact) mass is 414 g/mol. The van der Waals surface area contributed by atoms with Crippen LogP contribution in [-0.4, -0.2) is 16.1 Å². The Balaban J connectivity index is 1.99. The smallest absolute Gasteiger partial charge is 0.255 e. The van der Waals surface area contributed by atoms with Crippen LogP contribution in [0, 0.1) is 35.8 Å². The highest BCUT2D eigenvalue weighted by Gasteiger charge is 2.26. The van der Waals surface area contributed by atoms with E-state index in [9.17, 15) is 18.8 Å². The van der Waals surface area contributed by atoms with E-state index in [1.165, 1.54) is 13.1 Å². The molecule has 0 saturated carbocycles. The first-order valence-electron chi connectivity index (χ1n) is 8.77. The molecular formula is C21H17ClF2N4O. The Morgan fingerprint density at radius 1 is 1.28 bits per heavy atom. The number of hydrogen-bond donors (Lipinski definition) is 2. The van der Waals surface area contributed by atoms with Crippen molar-refractivity contribution in [1.82, 2.24) is 15.5 Å². The van der Waals surface area contributed by atoms with E-state index in [1.54, 1.807) is 31.2 Å². The van der Waals surface area contributed by atoms with Crippen LogP contribution in [0.15, 0.2) is 42.6 Å². The van der Waals surface area contributed by atoms with E-state index in [0.29, 0.717) is 10.6 Å². The largest absolute Gasteiger partial charge is 0.344 e. The Morgan fingerprint density at radius 2 is 2.00 bits per heavy atom. The molecule has 0 aliphatic rings. The second-order valence-electron chi connectivity index (χ2n) is 6.61. The zero-order chi connectivity index (χ0) is 21.1. The van der Waals surface area contributed by atoms with Gasteiger partial charge in [-0.1, -0.05) is 23.7 Å². The van der Waals surface area contributed by atoms with Gasteiger partial charge in [0.25, 0.3) is 5.91 Å². The van der Waals surface area contributed by atoms with Crippen LogP contribution in [0.3, 0.4) is 0 Å². The van der Waals surface area contributed by atoms with Gasteiger partial charge >= 0.3 is 0 Å². The average Bonchev–Trinajstić information content (AvgIpc) is 3.18. The van der Waals surface area contributed by atoms with Crippen LogP contribution in [0.5, 0.6) is 0 Å². The molecule has 0 radical (unpaired) electrons. The van der Waals surface area contributed by atoms with Gasteiger partial charge in [0.2, 0.25) is 0 Å². The number of amides is 1. The van der Waals surface area contributed by atoms with Crippen molar-refractivity contribution in [2.45, 2.75) is 19.9 Å². The van der Waals surface area contributed by atoms with Crippen LogP contribution < -0.4 is 5.32 Å². The van der Waals surface area contributed by atoms with Crippen molar-refractivity contribution in [2.75, 3.05) is 0 Å². The molecule has 0 aliphatic heterocycles. The fraction of sp³-hybridized carbons (Fsp3) is 0.190. The summed E-state index contributed by atoms with van der Waals surface area (Å²) in [5, 5.41) is 19.0. The SMILES string of the molecule is Cc1c(F)ccc(F)c1-c1[nH]ncc1C(=O)N[C@@H](c1cccc(Cl)c1)[C@H](C)C#N. The van der Waals surface area contributed by atoms with Gasteiger partial charge in [-0.05, 0) is 49.2 Å². The van der Waals surface area contributed by atoms with Gasteiger partial charge in [0, 0.05) is 10.6 Å². The fourth-order valence-electron chi connectivity index (χ4n) is 3.10. The maximum Gasteiger partial charge on any atom is 0.255 e. The summed E-state index contributed by atoms with van der Waals surface area (Å²) in [6.07, 6.45) is 1.24. The second-order valence-corrected chi connectivity index (χ2v) is 7.05. The molecule has 3 rings (SSSR count). The van der Waals surface area contributed by atoms with Gasteiger partial charge < -0.3 is 5.32 Å². The van der Waals surface area contributed by atoms with Crippen molar-refractivity contribution >= 4 is 17.5 Å². The number of benzene rings is 2. The molecule has 3 aromatic rings. The van der Waals surface area contributed by atoms with E-state index in [-0.39, 0.29) is 22.4 Å². The maximum absolute atomic E-state index is 14.4. The minimum atomic E-state index is -0.681. The minimum Gasteiger partial charge on any atom is -0.344 e. The van der Waals surface area contributed by atoms with Crippen LogP contribution in [0.2, 0.25) is 5.02 Å². The number of aromatic nitrogens is 2. The Kier molecular flexibility index (Phi) is 5.95. The number of aromatic amines is 1. The topological polar surface area (TPSA) is 81.6 Å². The van der Waals surface area contributed by atoms with E-state index in [1.807, 2.05) is 0 Å². The normalized spacial score (nSPS) is 12.8. The minimum absolute atomic E-state index is 0.0368. The van der Waals surface area contributed by atoms with Crippen LogP contribution in [0.1, 0.15) is 34.5 Å². The third kappa shape index (κ3) is 4.13. The van der Waals surface area contributed by atoms with Crippen LogP contribution in [0.4, 0.5) is 8.78 Å². The summed E-state index contributed by atoms with van der Waals surface area (Å²) >= 11 is 6.04. The molecule has 0 unspecified atom stereocenters. The van der Waals surface area contributed by atoms with Crippen LogP contribution in [0.25, 0.3) is 11.3 Å². The summed E-state index contributed by atoms with van der Waals surface area (Å²) in [7, 11) is 0. The molecule has 2 N–H and O–H groups in total. The quantitative estimate of drug-likeness (QED) is 0.619. The molecular weight excluding hydrogens is 398 g/mol. The Labute approximate surface area is 171 Å². The molecule has 0 aliphatic carbocycles. The standard InChI is InChI=1S/C21H17ClF2N4O/c1-11(9-25)19(13-4-3-5-14(22)8-13)27-21(29)15-10-26-28-20(15)18-12(2)16(23)6-7-17(18)24/h3-8,10-11,19H,1-2H3,(H,26,28)(H,27,29)/t11-,19-/m1/s1. The molecule has 0 spiro atoms. The van der Waals surface area contributed by atoms with Crippen molar-refractivity contribution in [3.63, 3.8) is 0 Å². The Hall–Kier alpha value is -3.24. The first kappa shape index (κ1) is 20.5. The van der Waals surface area contributed by atoms with E-state index in [4.69, 9.17) is 11.6 Å². The first-order chi connectivity index (χ1) is 13.8. The second kappa shape index (κ2) is 8.41. The lowest BCUT2D eigenvalue weighted by Crippen LogP contribution is -2.32. The molecule has 148 valence electrons. The third-order valence-corrected chi connectivity index (χ3v) is 4.92. The fourth-order valence-corrected chi connectivity index (χ4v) is 3.30. The van der Waals surface area contributed by atoms with Crippen molar-refractivity contribution in [3.8, 4) is 17.3 Å². The molecule has 0 bridgehead atoms. The first-order valence-corrected chi connectivity index (χ1v) is 9.15. The molecule has 1 heterocycles. The molecule has 2 atom stereocenters. The summed E-state index contributed by atoms with van der Waals surface area (Å²) in [5.41, 5.74) is 0.736. The lowest BCUT2D eigenvalue weighted by atomic mass is 9.95. The van der Waals surface area contributed by atoms with Crippen LogP contribution in [-0.2, 0) is 0 Å². The summed E-state index contributed by atoms with van der Waals surface area (Å²) in [5.74, 6) is -2.43. The highest BCUT2D eigenvalue weighted by molar-refractivity contribution is 6.30. The van der Waals surface area contributed by atoms with Gasteiger partial charge in [0.15, 0.2) is 0 Å². The summed E-state index contributed by atoms with van der Waals surface area (Å²) in [6, 6.07) is 10.3. The third-order valence-electron chi connectivity index (χ3n) is 4.68. The molecule has 29 heavy (non-hydrogen) atoms. The molecule has 1 amide bonds. The number of halogens is 3. The Morgan fingerprint density at radius 3 is 2.69 bits per heavy atom. The van der Waals surface area contributed by atoms with Gasteiger partial charge in [0.05, 0.1) is 35.5 Å². The maximum atomic E-state index is 14.4. The zero-order valence-electron chi connectivity index (χ0n) is 15.6. The summed E-state index contributed by atoms with van der Waals surface area (Å²) < 4.78 is 28.3. The molecule has 2 aromatic carbocycles. The number of nitrogens with one attached hydrogen (secondary N) is 2. The van der Waals surface area contributed by atoms with Gasteiger partial charge in [-0.25, -0.2) is 8.78 Å². The zero-order valence-corrected chi connectivity index (χ0v) is 16.4. The van der Waals surface area contributed by atoms with E-state index in [0.717, 1.165) is 12.1 Å². The number of nitrogens with zero attached hydrogens (tertiary/aromatic N) is 2. The lowest BCUT2D eigenvalue weighted by molar-refractivity contribution is 0.0930. The number of rotatable bonds is 5. The van der Waals surface area contributed by atoms with Crippen molar-refractivity contribution < 1.29 is 13.6 Å². The Bertz CT molecular complexity index is 1110. The van der Waals surface area contributed by atoms with Crippen molar-refractivity contribution in [3.05, 3.63) is 75.9 Å². The van der Waals surface area contributed by atoms with Gasteiger partial charge in [-0.15, -0.1) is 0 Å². The highest BCUT2D eigenvalue weighted by atomic mass is 35.5. The van der Waals surface area contributed by atoms with Gasteiger partial charge in [-0.3, -0.25) is 9.89 Å². The van der Waals surface area contributed by atoms with Crippen molar-refractivity contribution in [2.24, 2.45) is 5.92 Å². The molecule has 0 saturated heterocycles. The van der Waals surface area contributed by atoms with E-state index < -0.39 is 29.5 Å². The van der Waals surface area contributed by atoms with E-state index >= 15 is 0 Å². The lowest BCUT2D eigenvalue weighted by Gasteiger charge is -2.21. The number of carbonyl (C=O) groups is 1.